The monoisotopic (exact) mass is 152 g/mol. The third-order valence-electron chi connectivity index (χ3n) is 1.52. The predicted octanol–water partition coefficient (Wildman–Crippen LogP) is 0.507. The van der Waals surface area contributed by atoms with E-state index in [2.05, 4.69) is 4.98 Å². The first-order valence-corrected chi connectivity index (χ1v) is 3.56. The van der Waals surface area contributed by atoms with Crippen LogP contribution in [0.3, 0.4) is 0 Å². The number of nitrogens with zero attached hydrogens (tertiary/aromatic N) is 1. The highest BCUT2D eigenvalue weighted by Gasteiger charge is 1.98. The lowest BCUT2D eigenvalue weighted by molar-refractivity contribution is 0.299. The molecule has 0 fully saturated rings. The molecule has 1 rings (SSSR count). The topological polar surface area (TPSA) is 59.1 Å². The minimum Gasteiger partial charge on any atom is -0.396 e. The van der Waals surface area contributed by atoms with E-state index in [0.29, 0.717) is 12.2 Å². The van der Waals surface area contributed by atoms with Crippen LogP contribution in [0, 0.1) is 6.92 Å². The fourth-order valence-corrected chi connectivity index (χ4v) is 0.961. The van der Waals surface area contributed by atoms with Crippen molar-refractivity contribution in [3.05, 3.63) is 23.4 Å². The molecular weight excluding hydrogens is 140 g/mol. The number of anilines is 1. The summed E-state index contributed by atoms with van der Waals surface area (Å²) in [6, 6.07) is 1.94. The Kier molecular flexibility index (Phi) is 2.44. The van der Waals surface area contributed by atoms with E-state index >= 15 is 0 Å². The van der Waals surface area contributed by atoms with Gasteiger partial charge in [0.25, 0.3) is 0 Å². The molecule has 0 aromatic carbocycles. The first-order valence-electron chi connectivity index (χ1n) is 3.56. The van der Waals surface area contributed by atoms with Crippen molar-refractivity contribution in [2.24, 2.45) is 0 Å². The van der Waals surface area contributed by atoms with E-state index in [1.807, 2.05) is 13.0 Å². The Morgan fingerprint density at radius 2 is 2.36 bits per heavy atom. The fourth-order valence-electron chi connectivity index (χ4n) is 0.961. The third-order valence-corrected chi connectivity index (χ3v) is 1.52. The highest BCUT2D eigenvalue weighted by Crippen LogP contribution is 2.09. The maximum absolute atomic E-state index is 8.65. The smallest absolute Gasteiger partial charge is 0.126 e. The van der Waals surface area contributed by atoms with Crippen LogP contribution < -0.4 is 5.73 Å². The summed E-state index contributed by atoms with van der Waals surface area (Å²) in [6.07, 6.45) is 2.30. The van der Waals surface area contributed by atoms with Crippen molar-refractivity contribution in [2.75, 3.05) is 12.3 Å². The van der Waals surface area contributed by atoms with Gasteiger partial charge in [-0.15, -0.1) is 0 Å². The summed E-state index contributed by atoms with van der Waals surface area (Å²) in [6.45, 7) is 2.07. The van der Waals surface area contributed by atoms with Gasteiger partial charge >= 0.3 is 0 Å². The van der Waals surface area contributed by atoms with Crippen LogP contribution in [-0.4, -0.2) is 16.7 Å². The van der Waals surface area contributed by atoms with Crippen molar-refractivity contribution in [3.63, 3.8) is 0 Å². The van der Waals surface area contributed by atoms with Crippen LogP contribution in [0.15, 0.2) is 12.3 Å². The molecule has 0 bridgehead atoms. The van der Waals surface area contributed by atoms with Crippen LogP contribution in [-0.2, 0) is 6.42 Å². The van der Waals surface area contributed by atoms with E-state index < -0.39 is 0 Å². The van der Waals surface area contributed by atoms with Crippen LogP contribution in [0.2, 0.25) is 0 Å². The standard InChI is InChI=1S/C8H12N2O/c1-6-4-7(2-3-11)8(9)10-5-6/h4-5,11H,2-3H2,1H3,(H2,9,10). The summed E-state index contributed by atoms with van der Waals surface area (Å²) >= 11 is 0. The largest absolute Gasteiger partial charge is 0.396 e. The molecule has 1 heterocycles. The van der Waals surface area contributed by atoms with Gasteiger partial charge in [0, 0.05) is 12.8 Å². The minimum atomic E-state index is 0.120. The van der Waals surface area contributed by atoms with Gasteiger partial charge in [0.1, 0.15) is 5.82 Å². The zero-order valence-electron chi connectivity index (χ0n) is 6.54. The Bertz CT molecular complexity index is 248. The molecule has 0 atom stereocenters. The van der Waals surface area contributed by atoms with Gasteiger partial charge in [0.05, 0.1) is 0 Å². The van der Waals surface area contributed by atoms with Crippen molar-refractivity contribution in [1.29, 1.82) is 0 Å². The number of hydrogen-bond donors (Lipinski definition) is 2. The average molecular weight is 152 g/mol. The van der Waals surface area contributed by atoms with Crippen LogP contribution in [0.25, 0.3) is 0 Å². The summed E-state index contributed by atoms with van der Waals surface area (Å²) in [5.41, 5.74) is 7.55. The highest BCUT2D eigenvalue weighted by molar-refractivity contribution is 5.40. The number of aromatic nitrogens is 1. The summed E-state index contributed by atoms with van der Waals surface area (Å²) in [5, 5.41) is 8.65. The number of aliphatic hydroxyl groups excluding tert-OH is 1. The first kappa shape index (κ1) is 8.01. The molecule has 0 unspecified atom stereocenters. The molecule has 1 aromatic rings. The molecule has 0 amide bonds. The zero-order chi connectivity index (χ0) is 8.27. The van der Waals surface area contributed by atoms with Crippen molar-refractivity contribution >= 4 is 5.82 Å². The van der Waals surface area contributed by atoms with Crippen LogP contribution in [0.1, 0.15) is 11.1 Å². The quantitative estimate of drug-likeness (QED) is 0.649. The summed E-state index contributed by atoms with van der Waals surface area (Å²) < 4.78 is 0. The SMILES string of the molecule is Cc1cnc(N)c(CCO)c1. The molecule has 0 saturated carbocycles. The fraction of sp³-hybridized carbons (Fsp3) is 0.375. The van der Waals surface area contributed by atoms with E-state index in [0.717, 1.165) is 11.1 Å². The normalized spacial score (nSPS) is 10.0. The van der Waals surface area contributed by atoms with Gasteiger partial charge in [0.2, 0.25) is 0 Å². The molecule has 0 aliphatic carbocycles. The molecule has 3 nitrogen and oxygen atoms in total. The molecular formula is C8H12N2O. The number of nitrogen functional groups attached to an aromatic ring is 1. The molecule has 60 valence electrons. The second-order valence-corrected chi connectivity index (χ2v) is 2.53. The lowest BCUT2D eigenvalue weighted by atomic mass is 10.1. The number of rotatable bonds is 2. The molecule has 0 radical (unpaired) electrons. The van der Waals surface area contributed by atoms with E-state index in [-0.39, 0.29) is 6.61 Å². The maximum atomic E-state index is 8.65. The Labute approximate surface area is 65.9 Å². The molecule has 11 heavy (non-hydrogen) atoms. The van der Waals surface area contributed by atoms with Crippen molar-refractivity contribution in [2.45, 2.75) is 13.3 Å². The zero-order valence-corrected chi connectivity index (χ0v) is 6.54. The van der Waals surface area contributed by atoms with Crippen molar-refractivity contribution in [3.8, 4) is 0 Å². The van der Waals surface area contributed by atoms with Gasteiger partial charge in [-0.1, -0.05) is 6.07 Å². The number of aryl methyl sites for hydroxylation is 1. The summed E-state index contributed by atoms with van der Waals surface area (Å²) in [7, 11) is 0. The first-order chi connectivity index (χ1) is 5.24. The molecule has 1 aromatic heterocycles. The summed E-state index contributed by atoms with van der Waals surface area (Å²) in [4.78, 5) is 3.96. The Balaban J connectivity index is 2.93. The van der Waals surface area contributed by atoms with Gasteiger partial charge in [-0.05, 0) is 24.5 Å². The second kappa shape index (κ2) is 3.34. The van der Waals surface area contributed by atoms with Gasteiger partial charge in [-0.25, -0.2) is 4.98 Å². The van der Waals surface area contributed by atoms with Gasteiger partial charge in [-0.2, -0.15) is 0 Å². The molecule has 0 aliphatic heterocycles. The summed E-state index contributed by atoms with van der Waals surface area (Å²) in [5.74, 6) is 0.518. The molecule has 3 N–H and O–H groups in total. The van der Waals surface area contributed by atoms with Gasteiger partial charge < -0.3 is 10.8 Å². The average Bonchev–Trinajstić information content (AvgIpc) is 1.98. The number of nitrogens with two attached hydrogens (primary N) is 1. The minimum absolute atomic E-state index is 0.120. The lowest BCUT2D eigenvalue weighted by Crippen LogP contribution is -2.00. The van der Waals surface area contributed by atoms with Crippen LogP contribution in [0.5, 0.6) is 0 Å². The van der Waals surface area contributed by atoms with Gasteiger partial charge in [-0.3, -0.25) is 0 Å². The second-order valence-electron chi connectivity index (χ2n) is 2.53. The lowest BCUT2D eigenvalue weighted by Gasteiger charge is -2.02. The van der Waals surface area contributed by atoms with Crippen LogP contribution >= 0.6 is 0 Å². The Morgan fingerprint density at radius 1 is 1.64 bits per heavy atom. The Hall–Kier alpha value is -1.09. The van der Waals surface area contributed by atoms with Gasteiger partial charge in [0.15, 0.2) is 0 Å². The number of pyridine rings is 1. The van der Waals surface area contributed by atoms with Crippen molar-refractivity contribution < 1.29 is 5.11 Å². The number of aliphatic hydroxyl groups is 1. The molecule has 3 heteroatoms. The van der Waals surface area contributed by atoms with E-state index in [1.54, 1.807) is 6.20 Å². The number of hydrogen-bond acceptors (Lipinski definition) is 3. The predicted molar refractivity (Wildman–Crippen MR) is 44.2 cm³/mol. The third kappa shape index (κ3) is 1.91. The van der Waals surface area contributed by atoms with Crippen molar-refractivity contribution in [1.82, 2.24) is 4.98 Å². The van der Waals surface area contributed by atoms with E-state index in [4.69, 9.17) is 10.8 Å². The molecule has 0 saturated heterocycles. The van der Waals surface area contributed by atoms with E-state index in [9.17, 15) is 0 Å². The maximum Gasteiger partial charge on any atom is 0.126 e. The molecule has 0 aliphatic rings. The molecule has 0 spiro atoms. The Morgan fingerprint density at radius 3 is 3.00 bits per heavy atom. The van der Waals surface area contributed by atoms with E-state index in [1.165, 1.54) is 0 Å². The highest BCUT2D eigenvalue weighted by atomic mass is 16.2. The van der Waals surface area contributed by atoms with Crippen LogP contribution in [0.4, 0.5) is 5.82 Å².